The van der Waals surface area contributed by atoms with E-state index in [0.29, 0.717) is 0 Å². The van der Waals surface area contributed by atoms with Crippen LogP contribution in [0.5, 0.6) is 0 Å². The van der Waals surface area contributed by atoms with E-state index in [1.54, 1.807) is 0 Å². The molecule has 1 aromatic carbocycles. The highest BCUT2D eigenvalue weighted by molar-refractivity contribution is 6.07. The maximum atomic E-state index is 12.7. The van der Waals surface area contributed by atoms with Crippen LogP contribution in [0.15, 0.2) is 71.4 Å². The Hall–Kier alpha value is -3.21. The van der Waals surface area contributed by atoms with Crippen LogP contribution in [-0.2, 0) is 11.2 Å². The number of amides is 1. The van der Waals surface area contributed by atoms with Crippen LogP contribution in [0.2, 0.25) is 0 Å². The number of fused-ring (bicyclic) bond motifs is 1. The highest BCUT2D eigenvalue weighted by Gasteiger charge is 2.45. The third-order valence-corrected chi connectivity index (χ3v) is 7.83. The van der Waals surface area contributed by atoms with Crippen LogP contribution in [0, 0.1) is 12.8 Å². The third kappa shape index (κ3) is 5.02. The fraction of sp³-hybridized carbons (Fsp3) is 0.452. The number of aryl methyl sites for hydroxylation is 1. The van der Waals surface area contributed by atoms with Crippen molar-refractivity contribution in [3.05, 3.63) is 83.2 Å². The molecule has 0 saturated heterocycles. The molecule has 2 atom stereocenters. The minimum Gasteiger partial charge on any atom is -0.444 e. The highest BCUT2D eigenvalue weighted by atomic mass is 16.6. The average molecular weight is 484 g/mol. The minimum atomic E-state index is -0.501. The molecule has 5 nitrogen and oxygen atoms in total. The van der Waals surface area contributed by atoms with E-state index in [9.17, 15) is 4.79 Å². The van der Waals surface area contributed by atoms with Gasteiger partial charge in [0.1, 0.15) is 5.60 Å². The number of allylic oxidation sites excluding steroid dienone is 3. The lowest BCUT2D eigenvalue weighted by atomic mass is 9.66. The second kappa shape index (κ2) is 9.68. The fourth-order valence-corrected chi connectivity index (χ4v) is 5.83. The summed E-state index contributed by atoms with van der Waals surface area (Å²) in [6.07, 6.45) is 14.2. The monoisotopic (exact) mass is 483 g/mol. The first kappa shape index (κ1) is 24.5. The maximum absolute atomic E-state index is 12.7. The molecule has 188 valence electrons. The molecule has 2 aliphatic carbocycles. The molecule has 2 aromatic rings. The Morgan fingerprint density at radius 2 is 1.92 bits per heavy atom. The van der Waals surface area contributed by atoms with Crippen LogP contribution < -0.4 is 5.32 Å². The molecule has 1 aliphatic heterocycles. The van der Waals surface area contributed by atoms with E-state index in [0.717, 1.165) is 55.6 Å². The van der Waals surface area contributed by atoms with Gasteiger partial charge in [-0.25, -0.2) is 4.79 Å². The second-order valence-corrected chi connectivity index (χ2v) is 11.4. The van der Waals surface area contributed by atoms with Gasteiger partial charge in [-0.15, -0.1) is 0 Å². The van der Waals surface area contributed by atoms with E-state index < -0.39 is 5.60 Å². The number of rotatable bonds is 4. The highest BCUT2D eigenvalue weighted by Crippen LogP contribution is 2.44. The fourth-order valence-electron chi connectivity index (χ4n) is 5.83. The summed E-state index contributed by atoms with van der Waals surface area (Å²) in [5.74, 6) is 0.473. The van der Waals surface area contributed by atoms with E-state index in [2.05, 4.69) is 65.8 Å². The van der Waals surface area contributed by atoms with Gasteiger partial charge in [-0.1, -0.05) is 48.6 Å². The lowest BCUT2D eigenvalue weighted by Crippen LogP contribution is -2.58. The summed E-state index contributed by atoms with van der Waals surface area (Å²) < 4.78 is 5.60. The molecule has 3 aliphatic rings. The Labute approximate surface area is 214 Å². The van der Waals surface area contributed by atoms with Gasteiger partial charge in [0.2, 0.25) is 0 Å². The van der Waals surface area contributed by atoms with Gasteiger partial charge in [0.05, 0.1) is 11.4 Å². The van der Waals surface area contributed by atoms with E-state index in [4.69, 9.17) is 9.73 Å². The number of nitrogens with one attached hydrogen (secondary N) is 1. The van der Waals surface area contributed by atoms with E-state index in [1.165, 1.54) is 16.7 Å². The molecule has 1 N–H and O–H groups in total. The molecule has 1 amide bonds. The van der Waals surface area contributed by atoms with Gasteiger partial charge in [-0.05, 0) is 83.4 Å². The Morgan fingerprint density at radius 1 is 1.14 bits per heavy atom. The predicted molar refractivity (Wildman–Crippen MR) is 145 cm³/mol. The van der Waals surface area contributed by atoms with Crippen LogP contribution in [-0.4, -0.2) is 27.9 Å². The van der Waals surface area contributed by atoms with Crippen LogP contribution >= 0.6 is 0 Å². The molecule has 5 heteroatoms. The van der Waals surface area contributed by atoms with E-state index in [1.807, 2.05) is 33.0 Å². The first-order chi connectivity index (χ1) is 17.2. The van der Waals surface area contributed by atoms with Gasteiger partial charge < -0.3 is 10.1 Å². The smallest absolute Gasteiger partial charge is 0.408 e. The summed E-state index contributed by atoms with van der Waals surface area (Å²) in [6, 6.07) is 12.7. The first-order valence-corrected chi connectivity index (χ1v) is 13.2. The molecule has 0 spiro atoms. The number of aliphatic imine (C=N–C) groups is 1. The number of carbonyl (C=O) groups is 1. The Morgan fingerprint density at radius 3 is 2.61 bits per heavy atom. The molecule has 0 radical (unpaired) electrons. The molecule has 1 saturated carbocycles. The zero-order valence-electron chi connectivity index (χ0n) is 21.9. The van der Waals surface area contributed by atoms with Crippen LogP contribution in [0.3, 0.4) is 0 Å². The van der Waals surface area contributed by atoms with E-state index >= 15 is 0 Å². The van der Waals surface area contributed by atoms with Crippen molar-refractivity contribution < 1.29 is 9.53 Å². The van der Waals surface area contributed by atoms with Gasteiger partial charge in [0.25, 0.3) is 0 Å². The molecular weight excluding hydrogens is 446 g/mol. The zero-order valence-corrected chi connectivity index (χ0v) is 21.9. The Balaban J connectivity index is 1.39. The van der Waals surface area contributed by atoms with Crippen LogP contribution in [0.1, 0.15) is 75.6 Å². The SMILES string of the molecule is Cc1nccc2c1CC(c1ccccc1)C(C1=CC=CC(C3(NC(=O)OC(C)(C)C)CCC3)CC1)=N2. The van der Waals surface area contributed by atoms with Crippen molar-refractivity contribution in [3.63, 3.8) is 0 Å². The second-order valence-electron chi connectivity index (χ2n) is 11.4. The molecule has 2 unspecified atom stereocenters. The molecule has 0 bridgehead atoms. The molecule has 5 rings (SSSR count). The number of hydrogen-bond acceptors (Lipinski definition) is 4. The predicted octanol–water partition coefficient (Wildman–Crippen LogP) is 7.14. The van der Waals surface area contributed by atoms with Crippen molar-refractivity contribution in [1.82, 2.24) is 10.3 Å². The molecular formula is C31H37N3O2. The Kier molecular flexibility index (Phi) is 6.59. The number of hydrogen-bond donors (Lipinski definition) is 1. The van der Waals surface area contributed by atoms with Gasteiger partial charge in [-0.3, -0.25) is 9.98 Å². The van der Waals surface area contributed by atoms with Gasteiger partial charge in [0, 0.05) is 34.8 Å². The zero-order chi connectivity index (χ0) is 25.3. The quantitative estimate of drug-likeness (QED) is 0.502. The molecule has 2 heterocycles. The summed E-state index contributed by atoms with van der Waals surface area (Å²) in [7, 11) is 0. The van der Waals surface area contributed by atoms with Crippen molar-refractivity contribution in [2.75, 3.05) is 0 Å². The first-order valence-electron chi connectivity index (χ1n) is 13.2. The number of pyridine rings is 1. The molecule has 1 fully saturated rings. The number of nitrogens with zero attached hydrogens (tertiary/aromatic N) is 2. The standard InChI is InChI=1S/C31H37N3O2/c1-21-25-20-26(22-10-6-5-7-11-22)28(33-27(25)16-19-32-21)23-12-8-13-24(15-14-23)31(17-9-18-31)34-29(35)36-30(2,3)4/h5-8,10-13,16,19,24,26H,9,14-15,17-18,20H2,1-4H3,(H,34,35). The number of ether oxygens (including phenoxy) is 1. The van der Waals surface area contributed by atoms with Crippen molar-refractivity contribution in [1.29, 1.82) is 0 Å². The van der Waals surface area contributed by atoms with Crippen molar-refractivity contribution >= 4 is 17.5 Å². The largest absolute Gasteiger partial charge is 0.444 e. The minimum absolute atomic E-state index is 0.204. The summed E-state index contributed by atoms with van der Waals surface area (Å²) in [6.45, 7) is 7.80. The summed E-state index contributed by atoms with van der Waals surface area (Å²) in [5, 5.41) is 3.26. The molecule has 1 aromatic heterocycles. The summed E-state index contributed by atoms with van der Waals surface area (Å²) in [5.41, 5.74) is 6.36. The number of carbonyl (C=O) groups excluding carboxylic acids is 1. The molecule has 36 heavy (non-hydrogen) atoms. The average Bonchev–Trinajstić information content (AvgIpc) is 3.07. The van der Waals surface area contributed by atoms with Gasteiger partial charge in [-0.2, -0.15) is 0 Å². The van der Waals surface area contributed by atoms with Crippen molar-refractivity contribution in [2.24, 2.45) is 10.9 Å². The number of alkyl carbamates (subject to hydrolysis) is 1. The summed E-state index contributed by atoms with van der Waals surface area (Å²) >= 11 is 0. The lowest BCUT2D eigenvalue weighted by Gasteiger charge is -2.47. The van der Waals surface area contributed by atoms with Crippen molar-refractivity contribution in [2.45, 2.75) is 83.3 Å². The summed E-state index contributed by atoms with van der Waals surface area (Å²) in [4.78, 5) is 22.4. The maximum Gasteiger partial charge on any atom is 0.408 e. The van der Waals surface area contributed by atoms with Gasteiger partial charge in [0.15, 0.2) is 0 Å². The van der Waals surface area contributed by atoms with Crippen LogP contribution in [0.25, 0.3) is 0 Å². The van der Waals surface area contributed by atoms with Crippen LogP contribution in [0.4, 0.5) is 10.5 Å². The van der Waals surface area contributed by atoms with E-state index in [-0.39, 0.29) is 23.5 Å². The van der Waals surface area contributed by atoms with Gasteiger partial charge >= 0.3 is 6.09 Å². The topological polar surface area (TPSA) is 63.6 Å². The van der Waals surface area contributed by atoms with Crippen molar-refractivity contribution in [3.8, 4) is 0 Å². The number of benzene rings is 1. The Bertz CT molecular complexity index is 1220. The third-order valence-electron chi connectivity index (χ3n) is 7.83. The number of aromatic nitrogens is 1. The lowest BCUT2D eigenvalue weighted by molar-refractivity contribution is 0.0308. The normalized spacial score (nSPS) is 22.9.